The fourth-order valence-electron chi connectivity index (χ4n) is 3.27. The first-order valence-corrected chi connectivity index (χ1v) is 10.8. The Morgan fingerprint density at radius 1 is 1.26 bits per heavy atom. The molecule has 1 saturated carbocycles. The molecule has 0 bridgehead atoms. The maximum atomic E-state index is 8.03. The number of rotatable bonds is 6. The van der Waals surface area contributed by atoms with E-state index >= 15 is 0 Å². The summed E-state index contributed by atoms with van der Waals surface area (Å²) in [6.45, 7) is 4.33. The molecule has 1 atom stereocenters. The minimum Gasteiger partial charge on any atom is -0.481 e. The van der Waals surface area contributed by atoms with Crippen LogP contribution in [0, 0.1) is 5.41 Å². The van der Waals surface area contributed by atoms with Crippen LogP contribution in [-0.2, 0) is 4.74 Å². The predicted octanol–water partition coefficient (Wildman–Crippen LogP) is 5.55. The molecule has 1 aliphatic carbocycles. The van der Waals surface area contributed by atoms with E-state index in [2.05, 4.69) is 62.5 Å². The van der Waals surface area contributed by atoms with Crippen LogP contribution in [-0.4, -0.2) is 32.5 Å². The van der Waals surface area contributed by atoms with Gasteiger partial charge in [0.25, 0.3) is 0 Å². The molecule has 1 aromatic heterocycles. The van der Waals surface area contributed by atoms with Gasteiger partial charge in [-0.15, -0.1) is 10.2 Å². The van der Waals surface area contributed by atoms with Crippen molar-refractivity contribution in [2.75, 3.05) is 6.61 Å². The predicted molar refractivity (Wildman–Crippen MR) is 113 cm³/mol. The maximum Gasteiger partial charge on any atom is 0.205 e. The number of thioether (sulfide) groups is 1. The Morgan fingerprint density at radius 3 is 2.70 bits per heavy atom. The number of aromatic nitrogens is 3. The molecule has 1 heterocycles. The molecule has 27 heavy (non-hydrogen) atoms. The third-order valence-corrected chi connectivity index (χ3v) is 6.29. The second-order valence-electron chi connectivity index (χ2n) is 6.64. The van der Waals surface area contributed by atoms with E-state index in [4.69, 9.17) is 10.1 Å². The Morgan fingerprint density at radius 2 is 2.00 bits per heavy atom. The zero-order chi connectivity index (χ0) is 19.0. The molecule has 0 aliphatic heterocycles. The largest absolute Gasteiger partial charge is 0.481 e. The van der Waals surface area contributed by atoms with E-state index in [1.807, 2.05) is 18.4 Å². The molecular formula is C20H21BrN4OS. The number of hydrogen-bond donors (Lipinski definition) is 1. The van der Waals surface area contributed by atoms with Gasteiger partial charge in [-0.1, -0.05) is 42.1 Å². The van der Waals surface area contributed by atoms with E-state index in [0.717, 1.165) is 10.8 Å². The molecule has 140 valence electrons. The Hall–Kier alpha value is -1.86. The van der Waals surface area contributed by atoms with Crippen LogP contribution in [0.4, 0.5) is 0 Å². The molecule has 5 nitrogen and oxygen atoms in total. The monoisotopic (exact) mass is 444 g/mol. The van der Waals surface area contributed by atoms with E-state index in [1.54, 1.807) is 0 Å². The topological polar surface area (TPSA) is 63.8 Å². The van der Waals surface area contributed by atoms with E-state index in [-0.39, 0.29) is 11.1 Å². The van der Waals surface area contributed by atoms with Crippen LogP contribution in [0.3, 0.4) is 0 Å². The fraction of sp³-hybridized carbons (Fsp3) is 0.350. The van der Waals surface area contributed by atoms with E-state index in [1.165, 1.54) is 40.9 Å². The SMILES string of the molecule is CCOC(=N)[C@H](C)Sc1nnc(Br)n1-c1ccc(C2CC2)c2ccccc12. The molecular weight excluding hydrogens is 424 g/mol. The van der Waals surface area contributed by atoms with Crippen molar-refractivity contribution in [3.63, 3.8) is 0 Å². The second kappa shape index (κ2) is 7.64. The molecule has 1 N–H and O–H groups in total. The highest BCUT2D eigenvalue weighted by molar-refractivity contribution is 9.10. The number of halogens is 1. The number of fused-ring (bicyclic) bond motifs is 1. The number of ether oxygens (including phenoxy) is 1. The lowest BCUT2D eigenvalue weighted by Gasteiger charge is -2.16. The Bertz CT molecular complexity index is 999. The van der Waals surface area contributed by atoms with Crippen LogP contribution >= 0.6 is 27.7 Å². The lowest BCUT2D eigenvalue weighted by Crippen LogP contribution is -2.16. The second-order valence-corrected chi connectivity index (χ2v) is 8.66. The number of nitrogens with one attached hydrogen (secondary N) is 1. The average molecular weight is 445 g/mol. The summed E-state index contributed by atoms with van der Waals surface area (Å²) < 4.78 is 8.01. The molecule has 0 radical (unpaired) electrons. The van der Waals surface area contributed by atoms with Crippen molar-refractivity contribution in [3.05, 3.63) is 46.7 Å². The van der Waals surface area contributed by atoms with Gasteiger partial charge in [0.2, 0.25) is 4.73 Å². The van der Waals surface area contributed by atoms with Crippen LogP contribution < -0.4 is 0 Å². The van der Waals surface area contributed by atoms with Gasteiger partial charge in [0.05, 0.1) is 17.5 Å². The Kier molecular flexibility index (Phi) is 5.23. The van der Waals surface area contributed by atoms with Gasteiger partial charge in [-0.05, 0) is 65.6 Å². The van der Waals surface area contributed by atoms with Gasteiger partial charge in [-0.2, -0.15) is 0 Å². The number of nitrogens with zero attached hydrogens (tertiary/aromatic N) is 3. The minimum atomic E-state index is -0.142. The van der Waals surface area contributed by atoms with Crippen LogP contribution in [0.25, 0.3) is 16.5 Å². The Labute approximate surface area is 171 Å². The van der Waals surface area contributed by atoms with Crippen molar-refractivity contribution < 1.29 is 4.74 Å². The molecule has 2 aromatic carbocycles. The van der Waals surface area contributed by atoms with Gasteiger partial charge in [0.15, 0.2) is 11.1 Å². The van der Waals surface area contributed by atoms with E-state index < -0.39 is 0 Å². The standard InChI is InChI=1S/C20H21BrN4OS/c1-3-26-18(22)12(2)27-20-24-23-19(21)25(20)17-11-10-14(13-8-9-13)15-6-4-5-7-16(15)17/h4-7,10-13,22H,3,8-9H2,1-2H3/t12-/m0/s1. The lowest BCUT2D eigenvalue weighted by molar-refractivity contribution is 0.317. The third kappa shape index (κ3) is 3.62. The average Bonchev–Trinajstić information content (AvgIpc) is 3.45. The van der Waals surface area contributed by atoms with Gasteiger partial charge in [0, 0.05) is 5.39 Å². The summed E-state index contributed by atoms with van der Waals surface area (Å²) in [7, 11) is 0. The summed E-state index contributed by atoms with van der Waals surface area (Å²) in [5.41, 5.74) is 2.48. The minimum absolute atomic E-state index is 0.142. The molecule has 0 saturated heterocycles. The first-order chi connectivity index (χ1) is 13.1. The van der Waals surface area contributed by atoms with Crippen molar-refractivity contribution >= 4 is 44.4 Å². The quantitative estimate of drug-likeness (QED) is 0.307. The van der Waals surface area contributed by atoms with Gasteiger partial charge >= 0.3 is 0 Å². The van der Waals surface area contributed by atoms with Crippen LogP contribution in [0.5, 0.6) is 0 Å². The molecule has 0 amide bonds. The smallest absolute Gasteiger partial charge is 0.205 e. The van der Waals surface area contributed by atoms with Crippen LogP contribution in [0.1, 0.15) is 38.2 Å². The van der Waals surface area contributed by atoms with Crippen molar-refractivity contribution in [2.45, 2.75) is 43.0 Å². The molecule has 7 heteroatoms. The third-order valence-electron chi connectivity index (χ3n) is 4.74. The molecule has 1 fully saturated rings. The van der Waals surface area contributed by atoms with Crippen molar-refractivity contribution in [1.82, 2.24) is 14.8 Å². The molecule has 3 aromatic rings. The zero-order valence-electron chi connectivity index (χ0n) is 15.3. The molecule has 0 unspecified atom stereocenters. The zero-order valence-corrected chi connectivity index (χ0v) is 17.7. The summed E-state index contributed by atoms with van der Waals surface area (Å²) in [6.07, 6.45) is 2.55. The highest BCUT2D eigenvalue weighted by atomic mass is 79.9. The highest BCUT2D eigenvalue weighted by Crippen LogP contribution is 2.44. The van der Waals surface area contributed by atoms with Gasteiger partial charge in [-0.25, -0.2) is 0 Å². The first kappa shape index (κ1) is 18.5. The van der Waals surface area contributed by atoms with Gasteiger partial charge in [-0.3, -0.25) is 9.98 Å². The van der Waals surface area contributed by atoms with Crippen LogP contribution in [0.15, 0.2) is 46.3 Å². The summed E-state index contributed by atoms with van der Waals surface area (Å²) in [6, 6.07) is 12.9. The molecule has 0 spiro atoms. The van der Waals surface area contributed by atoms with Crippen molar-refractivity contribution in [1.29, 1.82) is 5.41 Å². The highest BCUT2D eigenvalue weighted by Gasteiger charge is 2.27. The van der Waals surface area contributed by atoms with Crippen molar-refractivity contribution in [2.24, 2.45) is 0 Å². The summed E-state index contributed by atoms with van der Waals surface area (Å²) in [5, 5.41) is 19.7. The van der Waals surface area contributed by atoms with Gasteiger partial charge < -0.3 is 4.74 Å². The Balaban J connectivity index is 1.77. The summed E-state index contributed by atoms with van der Waals surface area (Å²) in [5.74, 6) is 0.941. The first-order valence-electron chi connectivity index (χ1n) is 9.11. The van der Waals surface area contributed by atoms with Crippen LogP contribution in [0.2, 0.25) is 0 Å². The maximum absolute atomic E-state index is 8.03. The summed E-state index contributed by atoms with van der Waals surface area (Å²) in [4.78, 5) is 0. The normalized spacial score (nSPS) is 15.1. The molecule has 4 rings (SSSR count). The lowest BCUT2D eigenvalue weighted by atomic mass is 9.99. The summed E-state index contributed by atoms with van der Waals surface area (Å²) >= 11 is 5.02. The van der Waals surface area contributed by atoms with E-state index in [9.17, 15) is 0 Å². The van der Waals surface area contributed by atoms with E-state index in [0.29, 0.717) is 17.3 Å². The van der Waals surface area contributed by atoms with Crippen molar-refractivity contribution in [3.8, 4) is 5.69 Å². The number of hydrogen-bond acceptors (Lipinski definition) is 5. The number of benzene rings is 2. The molecule has 1 aliphatic rings. The van der Waals surface area contributed by atoms with Gasteiger partial charge in [0.1, 0.15) is 0 Å². The fourth-order valence-corrected chi connectivity index (χ4v) is 4.69.